The Morgan fingerprint density at radius 1 is 1.00 bits per heavy atom. The van der Waals surface area contributed by atoms with Crippen molar-refractivity contribution in [3.05, 3.63) is 71.3 Å². The lowest BCUT2D eigenvalue weighted by atomic mass is 10.0. The minimum atomic E-state index is -0.705. The molecule has 1 aliphatic heterocycles. The average Bonchev–Trinajstić information content (AvgIpc) is 2.77. The largest absolute Gasteiger partial charge is 0.379 e. The maximum absolute atomic E-state index is 13.0. The highest BCUT2D eigenvalue weighted by Crippen LogP contribution is 2.15. The number of nitrogens with one attached hydrogen (secondary N) is 2. The van der Waals surface area contributed by atoms with Crippen molar-refractivity contribution in [2.24, 2.45) is 5.92 Å². The van der Waals surface area contributed by atoms with Crippen molar-refractivity contribution < 1.29 is 14.3 Å². The number of hydrogen-bond acceptors (Lipinski definition) is 4. The van der Waals surface area contributed by atoms with Gasteiger partial charge in [0.05, 0.1) is 13.2 Å². The molecule has 2 aromatic rings. The van der Waals surface area contributed by atoms with E-state index in [2.05, 4.69) is 27.7 Å². The highest BCUT2D eigenvalue weighted by atomic mass is 16.5. The summed E-state index contributed by atoms with van der Waals surface area (Å²) in [7, 11) is 0. The third-order valence-corrected chi connectivity index (χ3v) is 5.26. The van der Waals surface area contributed by atoms with Crippen LogP contribution in [-0.4, -0.2) is 43.0 Å². The van der Waals surface area contributed by atoms with Crippen LogP contribution in [0.3, 0.4) is 0 Å². The number of ether oxygens (including phenoxy) is 1. The van der Waals surface area contributed by atoms with Crippen LogP contribution in [0.2, 0.25) is 0 Å². The molecule has 0 radical (unpaired) electrons. The predicted molar refractivity (Wildman–Crippen MR) is 121 cm³/mol. The second-order valence-corrected chi connectivity index (χ2v) is 8.44. The Morgan fingerprint density at radius 2 is 1.71 bits per heavy atom. The number of carbonyl (C=O) groups is 2. The van der Waals surface area contributed by atoms with E-state index in [9.17, 15) is 9.59 Å². The van der Waals surface area contributed by atoms with Crippen molar-refractivity contribution in [1.29, 1.82) is 0 Å². The van der Waals surface area contributed by atoms with Gasteiger partial charge in [0.1, 0.15) is 6.04 Å². The first-order valence-electron chi connectivity index (χ1n) is 11.0. The van der Waals surface area contributed by atoms with Gasteiger partial charge in [-0.1, -0.05) is 68.4 Å². The number of hydrogen-bond donors (Lipinski definition) is 2. The number of amides is 2. The van der Waals surface area contributed by atoms with Crippen LogP contribution in [0.15, 0.2) is 54.6 Å². The number of carbonyl (C=O) groups excluding carboxylic acids is 2. The van der Waals surface area contributed by atoms with Gasteiger partial charge in [0.25, 0.3) is 0 Å². The van der Waals surface area contributed by atoms with E-state index in [1.807, 2.05) is 56.3 Å². The normalized spacial score (nSPS) is 15.5. The molecule has 1 aliphatic rings. The van der Waals surface area contributed by atoms with Crippen molar-refractivity contribution in [2.45, 2.75) is 39.4 Å². The Hall–Kier alpha value is -2.70. The fourth-order valence-electron chi connectivity index (χ4n) is 3.68. The molecule has 1 heterocycles. The molecule has 6 heteroatoms. The molecular weight excluding hydrogens is 390 g/mol. The van der Waals surface area contributed by atoms with Crippen molar-refractivity contribution in [3.63, 3.8) is 0 Å². The molecule has 0 bridgehead atoms. The van der Waals surface area contributed by atoms with Gasteiger partial charge in [0.2, 0.25) is 11.8 Å². The molecule has 1 saturated heterocycles. The van der Waals surface area contributed by atoms with Crippen molar-refractivity contribution >= 4 is 11.8 Å². The smallest absolute Gasteiger partial charge is 0.247 e. The van der Waals surface area contributed by atoms with Gasteiger partial charge >= 0.3 is 0 Å². The molecular formula is C25H33N3O3. The van der Waals surface area contributed by atoms with Crippen molar-refractivity contribution in [3.8, 4) is 0 Å². The Kier molecular flexibility index (Phi) is 8.62. The van der Waals surface area contributed by atoms with Crippen LogP contribution in [0, 0.1) is 5.92 Å². The molecule has 31 heavy (non-hydrogen) atoms. The summed E-state index contributed by atoms with van der Waals surface area (Å²) in [5.74, 6) is -0.0953. The number of nitrogens with zero attached hydrogens (tertiary/aromatic N) is 1. The third-order valence-electron chi connectivity index (χ3n) is 5.26. The molecule has 0 spiro atoms. The molecule has 0 aliphatic carbocycles. The molecule has 2 aromatic carbocycles. The first-order valence-corrected chi connectivity index (χ1v) is 11.0. The van der Waals surface area contributed by atoms with Gasteiger partial charge in [0, 0.05) is 32.6 Å². The fraction of sp³-hybridized carbons (Fsp3) is 0.440. The molecule has 3 rings (SSSR count). The molecule has 2 N–H and O–H groups in total. The topological polar surface area (TPSA) is 70.7 Å². The summed E-state index contributed by atoms with van der Waals surface area (Å²) < 4.78 is 5.41. The van der Waals surface area contributed by atoms with E-state index in [-0.39, 0.29) is 17.7 Å². The second kappa shape index (κ2) is 11.6. The molecule has 1 atom stereocenters. The molecule has 0 saturated carbocycles. The van der Waals surface area contributed by atoms with E-state index in [0.717, 1.165) is 44.0 Å². The molecule has 1 unspecified atom stereocenters. The summed E-state index contributed by atoms with van der Waals surface area (Å²) in [6.45, 7) is 8.70. The Bertz CT molecular complexity index is 848. The lowest BCUT2D eigenvalue weighted by Crippen LogP contribution is -2.40. The van der Waals surface area contributed by atoms with Gasteiger partial charge in [-0.25, -0.2) is 0 Å². The lowest BCUT2D eigenvalue weighted by molar-refractivity contribution is -0.129. The van der Waals surface area contributed by atoms with Gasteiger partial charge in [-0.3, -0.25) is 14.5 Å². The minimum absolute atomic E-state index is 0.119. The van der Waals surface area contributed by atoms with Crippen LogP contribution in [0.4, 0.5) is 0 Å². The zero-order chi connectivity index (χ0) is 22.1. The zero-order valence-electron chi connectivity index (χ0n) is 18.5. The Balaban J connectivity index is 1.62. The van der Waals surface area contributed by atoms with Gasteiger partial charge in [0.15, 0.2) is 0 Å². The molecule has 2 amide bonds. The monoisotopic (exact) mass is 423 g/mol. The summed E-state index contributed by atoms with van der Waals surface area (Å²) in [5, 5.41) is 5.90. The first-order chi connectivity index (χ1) is 15.0. The fourth-order valence-corrected chi connectivity index (χ4v) is 3.68. The van der Waals surface area contributed by atoms with Crippen LogP contribution in [0.25, 0.3) is 0 Å². The SMILES string of the molecule is CC(C)CC(=O)NC(C(=O)NCc1cccc(CN2CCOCC2)c1)c1ccccc1. The highest BCUT2D eigenvalue weighted by molar-refractivity contribution is 5.88. The van der Waals surface area contributed by atoms with E-state index in [1.165, 1.54) is 5.56 Å². The lowest BCUT2D eigenvalue weighted by Gasteiger charge is -2.26. The summed E-state index contributed by atoms with van der Waals surface area (Å²) in [4.78, 5) is 27.7. The minimum Gasteiger partial charge on any atom is -0.379 e. The predicted octanol–water partition coefficient (Wildman–Crippen LogP) is 3.04. The molecule has 166 valence electrons. The van der Waals surface area contributed by atoms with E-state index in [1.54, 1.807) is 0 Å². The van der Waals surface area contributed by atoms with Gasteiger partial charge in [-0.05, 0) is 22.6 Å². The standard InChI is InChI=1S/C25H33N3O3/c1-19(2)15-23(29)27-24(22-9-4-3-5-10-22)25(30)26-17-20-7-6-8-21(16-20)18-28-11-13-31-14-12-28/h3-10,16,19,24H,11-15,17-18H2,1-2H3,(H,26,30)(H,27,29). The van der Waals surface area contributed by atoms with Crippen LogP contribution in [-0.2, 0) is 27.4 Å². The van der Waals surface area contributed by atoms with Crippen molar-refractivity contribution in [2.75, 3.05) is 26.3 Å². The maximum atomic E-state index is 13.0. The van der Waals surface area contributed by atoms with E-state index < -0.39 is 6.04 Å². The van der Waals surface area contributed by atoms with E-state index >= 15 is 0 Å². The van der Waals surface area contributed by atoms with E-state index in [4.69, 9.17) is 4.74 Å². The summed E-state index contributed by atoms with van der Waals surface area (Å²) in [5.41, 5.74) is 3.04. The molecule has 6 nitrogen and oxygen atoms in total. The Morgan fingerprint density at radius 3 is 2.42 bits per heavy atom. The first kappa shape index (κ1) is 23.0. The second-order valence-electron chi connectivity index (χ2n) is 8.44. The maximum Gasteiger partial charge on any atom is 0.247 e. The zero-order valence-corrected chi connectivity index (χ0v) is 18.5. The van der Waals surface area contributed by atoms with Crippen LogP contribution >= 0.6 is 0 Å². The number of rotatable bonds is 9. The van der Waals surface area contributed by atoms with Crippen molar-refractivity contribution in [1.82, 2.24) is 15.5 Å². The third kappa shape index (κ3) is 7.49. The van der Waals surface area contributed by atoms with Gasteiger partial charge in [-0.2, -0.15) is 0 Å². The van der Waals surface area contributed by atoms with Gasteiger partial charge in [-0.15, -0.1) is 0 Å². The number of benzene rings is 2. The quantitative estimate of drug-likeness (QED) is 0.650. The van der Waals surface area contributed by atoms with Crippen LogP contribution < -0.4 is 10.6 Å². The van der Waals surface area contributed by atoms with Crippen LogP contribution in [0.5, 0.6) is 0 Å². The summed E-state index contributed by atoms with van der Waals surface area (Å²) in [6.07, 6.45) is 0.389. The Labute approximate surface area is 185 Å². The van der Waals surface area contributed by atoms with Gasteiger partial charge < -0.3 is 15.4 Å². The summed E-state index contributed by atoms with van der Waals surface area (Å²) >= 11 is 0. The summed E-state index contributed by atoms with van der Waals surface area (Å²) in [6, 6.07) is 16.9. The van der Waals surface area contributed by atoms with Crippen LogP contribution in [0.1, 0.15) is 43.0 Å². The molecule has 1 fully saturated rings. The highest BCUT2D eigenvalue weighted by Gasteiger charge is 2.22. The molecule has 0 aromatic heterocycles. The van der Waals surface area contributed by atoms with E-state index in [0.29, 0.717) is 13.0 Å². The number of morpholine rings is 1. The average molecular weight is 424 g/mol.